The molecule has 0 aliphatic heterocycles. The molecule has 2 rings (SSSR count). The molecule has 0 unspecified atom stereocenters. The molecule has 0 aliphatic carbocycles. The van der Waals surface area contributed by atoms with Crippen molar-refractivity contribution in [1.29, 1.82) is 0 Å². The zero-order valence-corrected chi connectivity index (χ0v) is 7.96. The first-order valence-electron chi connectivity index (χ1n) is 2.98. The maximum absolute atomic E-state index is 3.04. The van der Waals surface area contributed by atoms with Gasteiger partial charge in [0.05, 0.1) is 0 Å². The van der Waals surface area contributed by atoms with Crippen LogP contribution in [0.1, 0.15) is 0 Å². The van der Waals surface area contributed by atoms with Gasteiger partial charge in [-0.05, 0) is 10.8 Å². The average molecular weight is 239 g/mol. The first-order valence-corrected chi connectivity index (χ1v) is 2.98. The Labute approximate surface area is 76.9 Å². The van der Waals surface area contributed by atoms with Gasteiger partial charge in [0.25, 0.3) is 0 Å². The van der Waals surface area contributed by atoms with E-state index in [9.17, 15) is 0 Å². The number of aromatic nitrogens is 1. The first-order chi connectivity index (χ1) is 4.47. The topological polar surface area (TPSA) is 15.8 Å². The van der Waals surface area contributed by atoms with Crippen LogP contribution < -0.4 is 0 Å². The number of benzene rings is 1. The predicted molar refractivity (Wildman–Crippen MR) is 44.1 cm³/mol. The fourth-order valence-corrected chi connectivity index (χ4v) is 0.995. The Bertz CT molecular complexity index is 283. The molecule has 1 heterocycles. The second-order valence-corrected chi connectivity index (χ2v) is 2.08. The Balaban J connectivity index is 0.000000500. The van der Waals surface area contributed by atoms with E-state index in [1.165, 1.54) is 10.8 Å². The van der Waals surface area contributed by atoms with Gasteiger partial charge < -0.3 is 4.98 Å². The maximum atomic E-state index is 3.04. The minimum atomic E-state index is 0. The van der Waals surface area contributed by atoms with Crippen LogP contribution in [0.5, 0.6) is 0 Å². The van der Waals surface area contributed by atoms with Crippen LogP contribution >= 0.6 is 0 Å². The van der Waals surface area contributed by atoms with Crippen molar-refractivity contribution in [3.8, 4) is 0 Å². The predicted octanol–water partition coefficient (Wildman–Crippen LogP) is 1.79. The fraction of sp³-hybridized carbons (Fsp3) is 0. The first kappa shape index (κ1) is 7.68. The van der Waals surface area contributed by atoms with Crippen LogP contribution in [0, 0.1) is 0 Å². The summed E-state index contributed by atoms with van der Waals surface area (Å²) in [6.07, 6.45) is 3.99. The summed E-state index contributed by atoms with van der Waals surface area (Å²) < 4.78 is 0. The molecule has 0 bridgehead atoms. The number of hydrogen-bond acceptors (Lipinski definition) is 0. The second kappa shape index (κ2) is 3.11. The van der Waals surface area contributed by atoms with Gasteiger partial charge in [-0.2, -0.15) is 0 Å². The molecule has 0 fully saturated rings. The number of aromatic amines is 1. The molecule has 49 valence electrons. The molecule has 1 aromatic heterocycles. The molecule has 10 heavy (non-hydrogen) atoms. The molecule has 2 heteroatoms. The molecule has 0 aliphatic rings. The Morgan fingerprint density at radius 2 is 1.40 bits per heavy atom. The average Bonchev–Trinajstić information content (AvgIpc) is 2.33. The number of H-pyrrole nitrogens is 1. The zero-order valence-electron chi connectivity index (χ0n) is 5.41. The summed E-state index contributed by atoms with van der Waals surface area (Å²) in [6, 6.07) is 8.25. The normalized spacial score (nSPS) is 9.20. The van der Waals surface area contributed by atoms with Gasteiger partial charge in [-0.3, -0.25) is 0 Å². The number of hydrogen-bond donors (Lipinski definition) is 1. The minimum Gasteiger partial charge on any atom is -0.366 e. The Morgan fingerprint density at radius 1 is 0.900 bits per heavy atom. The van der Waals surface area contributed by atoms with E-state index in [0.717, 1.165) is 0 Å². The molecule has 0 saturated heterocycles. The standard InChI is InChI=1S/C8H7N.Sb/c1-2-4-8-6-9-5-7(8)3-1;/h1-6,9H;. The van der Waals surface area contributed by atoms with E-state index in [2.05, 4.69) is 17.1 Å². The number of rotatable bonds is 0. The van der Waals surface area contributed by atoms with Crippen LogP contribution in [0.3, 0.4) is 0 Å². The molecule has 2 aromatic rings. The Hall–Kier alpha value is -0.422. The molecule has 0 saturated carbocycles. The zero-order chi connectivity index (χ0) is 6.10. The Morgan fingerprint density at radius 3 is 1.90 bits per heavy atom. The maximum Gasteiger partial charge on any atom is 0.00843 e. The van der Waals surface area contributed by atoms with E-state index < -0.39 is 0 Å². The molecule has 1 nitrogen and oxygen atoms in total. The van der Waals surface area contributed by atoms with Crippen molar-refractivity contribution in [3.05, 3.63) is 36.7 Å². The molecule has 0 atom stereocenters. The van der Waals surface area contributed by atoms with Gasteiger partial charge in [-0.15, -0.1) is 0 Å². The summed E-state index contributed by atoms with van der Waals surface area (Å²) in [6.45, 7) is 0. The molecule has 0 spiro atoms. The van der Waals surface area contributed by atoms with E-state index in [1.54, 1.807) is 0 Å². The third kappa shape index (κ3) is 1.19. The van der Waals surface area contributed by atoms with E-state index in [0.29, 0.717) is 0 Å². The summed E-state index contributed by atoms with van der Waals surface area (Å²) in [4.78, 5) is 3.04. The van der Waals surface area contributed by atoms with Crippen molar-refractivity contribution in [3.63, 3.8) is 0 Å². The van der Waals surface area contributed by atoms with Crippen molar-refractivity contribution in [2.24, 2.45) is 0 Å². The van der Waals surface area contributed by atoms with Crippen LogP contribution in [0.15, 0.2) is 36.7 Å². The molecule has 3 radical (unpaired) electrons. The van der Waals surface area contributed by atoms with E-state index in [-0.39, 0.29) is 24.4 Å². The largest absolute Gasteiger partial charge is 0.366 e. The summed E-state index contributed by atoms with van der Waals surface area (Å²) in [5.74, 6) is 0. The van der Waals surface area contributed by atoms with Crippen LogP contribution in [-0.4, -0.2) is 29.4 Å². The van der Waals surface area contributed by atoms with Crippen LogP contribution in [0.2, 0.25) is 0 Å². The third-order valence-corrected chi connectivity index (χ3v) is 1.47. The molecular weight excluding hydrogens is 232 g/mol. The van der Waals surface area contributed by atoms with Gasteiger partial charge in [-0.25, -0.2) is 0 Å². The van der Waals surface area contributed by atoms with Crippen molar-refractivity contribution in [2.75, 3.05) is 0 Å². The van der Waals surface area contributed by atoms with Crippen molar-refractivity contribution in [1.82, 2.24) is 4.98 Å². The van der Waals surface area contributed by atoms with Crippen molar-refractivity contribution < 1.29 is 0 Å². The molecule has 0 amide bonds. The summed E-state index contributed by atoms with van der Waals surface area (Å²) >= 11 is 0. The number of nitrogens with one attached hydrogen (secondary N) is 1. The third-order valence-electron chi connectivity index (χ3n) is 1.47. The van der Waals surface area contributed by atoms with Gasteiger partial charge >= 0.3 is 0 Å². The second-order valence-electron chi connectivity index (χ2n) is 2.08. The van der Waals surface area contributed by atoms with Gasteiger partial charge in [0.1, 0.15) is 0 Å². The Kier molecular flexibility index (Phi) is 2.39. The van der Waals surface area contributed by atoms with Crippen molar-refractivity contribution in [2.45, 2.75) is 0 Å². The fourth-order valence-electron chi connectivity index (χ4n) is 0.995. The summed E-state index contributed by atoms with van der Waals surface area (Å²) in [5.41, 5.74) is 0. The minimum absolute atomic E-state index is 0. The van der Waals surface area contributed by atoms with Gasteiger partial charge in [0.2, 0.25) is 0 Å². The smallest absolute Gasteiger partial charge is 0.00843 e. The van der Waals surface area contributed by atoms with E-state index in [4.69, 9.17) is 0 Å². The number of fused-ring (bicyclic) bond motifs is 1. The summed E-state index contributed by atoms with van der Waals surface area (Å²) in [7, 11) is 0. The van der Waals surface area contributed by atoms with Crippen LogP contribution in [-0.2, 0) is 0 Å². The monoisotopic (exact) mass is 238 g/mol. The van der Waals surface area contributed by atoms with Gasteiger partial charge in [-0.1, -0.05) is 24.3 Å². The molecule has 1 aromatic carbocycles. The quantitative estimate of drug-likeness (QED) is 0.674. The summed E-state index contributed by atoms with van der Waals surface area (Å²) in [5, 5.41) is 2.55. The van der Waals surface area contributed by atoms with E-state index >= 15 is 0 Å². The van der Waals surface area contributed by atoms with Crippen LogP contribution in [0.4, 0.5) is 0 Å². The van der Waals surface area contributed by atoms with Gasteiger partial charge in [0.15, 0.2) is 0 Å². The molecule has 1 N–H and O–H groups in total. The SMILES string of the molecule is [Sb].c1ccc2c[nH]cc2c1. The molecular formula is C8H7NSb. The van der Waals surface area contributed by atoms with Gasteiger partial charge in [0, 0.05) is 36.8 Å². The van der Waals surface area contributed by atoms with Crippen molar-refractivity contribution >= 4 is 35.2 Å². The van der Waals surface area contributed by atoms with E-state index in [1.807, 2.05) is 24.5 Å². The van der Waals surface area contributed by atoms with Crippen LogP contribution in [0.25, 0.3) is 10.8 Å².